The maximum absolute atomic E-state index is 11.6. The quantitative estimate of drug-likeness (QED) is 0.623. The van der Waals surface area contributed by atoms with Crippen LogP contribution in [0.1, 0.15) is 19.8 Å². The standard InChI is InChI=1S/C5H9F3O2S.C3H4O3S/c1-2-3-4-11(9,10)5(6,7)8;1-2-3-7(4,5)6/h2-4H2,1H3;1H,3H2,(H,4,5,6). The third-order valence-corrected chi connectivity index (χ3v) is 3.45. The molecule has 108 valence electrons. The Labute approximate surface area is 104 Å². The van der Waals surface area contributed by atoms with Crippen molar-refractivity contribution in [3.63, 3.8) is 0 Å². The van der Waals surface area contributed by atoms with Crippen molar-refractivity contribution >= 4 is 20.0 Å². The van der Waals surface area contributed by atoms with Crippen molar-refractivity contribution in [1.82, 2.24) is 0 Å². The summed E-state index contributed by atoms with van der Waals surface area (Å²) >= 11 is 0. The van der Waals surface area contributed by atoms with Gasteiger partial charge in [0.1, 0.15) is 5.75 Å². The lowest BCUT2D eigenvalue weighted by Crippen LogP contribution is -2.25. The molecule has 0 spiro atoms. The molecule has 5 nitrogen and oxygen atoms in total. The predicted molar refractivity (Wildman–Crippen MR) is 60.0 cm³/mol. The van der Waals surface area contributed by atoms with Crippen molar-refractivity contribution in [2.24, 2.45) is 0 Å². The van der Waals surface area contributed by atoms with Crippen LogP contribution in [0.5, 0.6) is 0 Å². The second kappa shape index (κ2) is 7.60. The molecule has 0 fully saturated rings. The molecule has 0 amide bonds. The van der Waals surface area contributed by atoms with Crippen molar-refractivity contribution in [2.75, 3.05) is 11.5 Å². The van der Waals surface area contributed by atoms with Gasteiger partial charge in [0.15, 0.2) is 0 Å². The molecule has 0 aliphatic carbocycles. The molecule has 0 unspecified atom stereocenters. The van der Waals surface area contributed by atoms with Crippen LogP contribution in [0, 0.1) is 12.3 Å². The molecule has 0 atom stereocenters. The van der Waals surface area contributed by atoms with Gasteiger partial charge < -0.3 is 0 Å². The highest BCUT2D eigenvalue weighted by Crippen LogP contribution is 2.24. The Morgan fingerprint density at radius 3 is 1.83 bits per heavy atom. The summed E-state index contributed by atoms with van der Waals surface area (Å²) in [5.74, 6) is 0.367. The van der Waals surface area contributed by atoms with Crippen LogP contribution in [0.15, 0.2) is 0 Å². The van der Waals surface area contributed by atoms with E-state index < -0.39 is 37.0 Å². The first-order valence-electron chi connectivity index (χ1n) is 4.55. The summed E-state index contributed by atoms with van der Waals surface area (Å²) in [5, 5.41) is 0. The topological polar surface area (TPSA) is 88.5 Å². The lowest BCUT2D eigenvalue weighted by molar-refractivity contribution is -0.0435. The number of halogens is 3. The zero-order valence-corrected chi connectivity index (χ0v) is 11.1. The Morgan fingerprint density at radius 1 is 1.22 bits per heavy atom. The number of hydrogen-bond acceptors (Lipinski definition) is 4. The molecule has 0 radical (unpaired) electrons. The minimum atomic E-state index is -5.08. The molecule has 0 bridgehead atoms. The number of terminal acetylenes is 1. The highest BCUT2D eigenvalue weighted by atomic mass is 32.2. The second-order valence-corrected chi connectivity index (χ2v) is 6.60. The van der Waals surface area contributed by atoms with Gasteiger partial charge in [-0.1, -0.05) is 19.3 Å². The van der Waals surface area contributed by atoms with Gasteiger partial charge in [-0.05, 0) is 6.42 Å². The second-order valence-electron chi connectivity index (χ2n) is 3.05. The molecule has 18 heavy (non-hydrogen) atoms. The molecule has 0 aliphatic heterocycles. The largest absolute Gasteiger partial charge is 0.497 e. The number of unbranched alkanes of at least 4 members (excludes halogenated alkanes) is 1. The average Bonchev–Trinajstić information content (AvgIpc) is 2.12. The van der Waals surface area contributed by atoms with Crippen LogP contribution in [0.4, 0.5) is 13.2 Å². The smallest absolute Gasteiger partial charge is 0.285 e. The van der Waals surface area contributed by atoms with Gasteiger partial charge in [-0.15, -0.1) is 6.42 Å². The average molecular weight is 310 g/mol. The Hall–Kier alpha value is -0.790. The van der Waals surface area contributed by atoms with E-state index in [0.29, 0.717) is 6.42 Å². The van der Waals surface area contributed by atoms with E-state index in [1.54, 1.807) is 12.8 Å². The highest BCUT2D eigenvalue weighted by Gasteiger charge is 2.44. The van der Waals surface area contributed by atoms with E-state index in [1.807, 2.05) is 0 Å². The summed E-state index contributed by atoms with van der Waals surface area (Å²) in [5.41, 5.74) is -5.08. The van der Waals surface area contributed by atoms with Crippen LogP contribution >= 0.6 is 0 Å². The predicted octanol–water partition coefficient (Wildman–Crippen LogP) is 1.23. The van der Waals surface area contributed by atoms with E-state index in [0.717, 1.165) is 0 Å². The molecule has 0 rings (SSSR count). The summed E-state index contributed by atoms with van der Waals surface area (Å²) in [6.07, 6.45) is 5.02. The van der Waals surface area contributed by atoms with Gasteiger partial charge in [0.05, 0.1) is 5.75 Å². The zero-order valence-electron chi connectivity index (χ0n) is 9.44. The van der Waals surface area contributed by atoms with Crippen LogP contribution in [0.25, 0.3) is 0 Å². The zero-order chi connectivity index (χ0) is 15.0. The minimum Gasteiger partial charge on any atom is -0.285 e. The van der Waals surface area contributed by atoms with E-state index in [4.69, 9.17) is 4.55 Å². The van der Waals surface area contributed by atoms with Crippen LogP contribution in [-0.4, -0.2) is 38.4 Å². The molecule has 0 aromatic heterocycles. The molecule has 0 aliphatic rings. The number of rotatable bonds is 4. The fourth-order valence-corrected chi connectivity index (χ4v) is 1.67. The van der Waals surface area contributed by atoms with Gasteiger partial charge in [0.2, 0.25) is 9.84 Å². The maximum atomic E-state index is 11.6. The van der Waals surface area contributed by atoms with Crippen molar-refractivity contribution in [3.05, 3.63) is 0 Å². The minimum absolute atomic E-state index is 0.0574. The van der Waals surface area contributed by atoms with Gasteiger partial charge in [0, 0.05) is 0 Å². The van der Waals surface area contributed by atoms with E-state index in [2.05, 4.69) is 6.42 Å². The molecule has 10 heteroatoms. The van der Waals surface area contributed by atoms with Gasteiger partial charge in [0.25, 0.3) is 10.1 Å². The Morgan fingerprint density at radius 2 is 1.67 bits per heavy atom. The van der Waals surface area contributed by atoms with Crippen molar-refractivity contribution < 1.29 is 34.6 Å². The molecule has 1 N–H and O–H groups in total. The first-order valence-corrected chi connectivity index (χ1v) is 7.81. The molecular formula is C8H13F3O5S2. The Balaban J connectivity index is 0. The summed E-state index contributed by atoms with van der Waals surface area (Å²) in [4.78, 5) is 0. The van der Waals surface area contributed by atoms with Gasteiger partial charge in [-0.3, -0.25) is 4.55 Å². The number of alkyl halides is 3. The number of hydrogen-bond donors (Lipinski definition) is 1. The fraction of sp³-hybridized carbons (Fsp3) is 0.750. The van der Waals surface area contributed by atoms with Gasteiger partial charge >= 0.3 is 5.51 Å². The summed E-state index contributed by atoms with van der Waals surface area (Å²) < 4.78 is 82.4. The molecule has 0 heterocycles. The normalized spacial score (nSPS) is 12.2. The van der Waals surface area contributed by atoms with E-state index >= 15 is 0 Å². The van der Waals surface area contributed by atoms with Crippen LogP contribution < -0.4 is 0 Å². The molecule has 0 saturated heterocycles. The van der Waals surface area contributed by atoms with E-state index in [-0.39, 0.29) is 6.42 Å². The van der Waals surface area contributed by atoms with E-state index in [9.17, 15) is 30.0 Å². The third-order valence-electron chi connectivity index (χ3n) is 1.38. The molecule has 0 saturated carbocycles. The van der Waals surface area contributed by atoms with Crippen LogP contribution in [0.3, 0.4) is 0 Å². The summed E-state index contributed by atoms with van der Waals surface area (Å²) in [6, 6.07) is 0. The molecular weight excluding hydrogens is 297 g/mol. The Bertz CT molecular complexity index is 470. The molecule has 0 aromatic rings. The van der Waals surface area contributed by atoms with Crippen molar-refractivity contribution in [2.45, 2.75) is 25.3 Å². The van der Waals surface area contributed by atoms with Crippen LogP contribution in [0.2, 0.25) is 0 Å². The summed E-state index contributed by atoms with van der Waals surface area (Å²) in [7, 11) is -8.77. The van der Waals surface area contributed by atoms with Gasteiger partial charge in [-0.2, -0.15) is 21.6 Å². The fourth-order valence-electron chi connectivity index (χ4n) is 0.555. The number of sulfone groups is 1. The third kappa shape index (κ3) is 10.4. The molecule has 0 aromatic carbocycles. The Kier molecular flexibility index (Phi) is 8.26. The maximum Gasteiger partial charge on any atom is 0.497 e. The first kappa shape index (κ1) is 19.5. The monoisotopic (exact) mass is 310 g/mol. The first-order chi connectivity index (χ1) is 7.87. The van der Waals surface area contributed by atoms with Crippen molar-refractivity contribution in [1.29, 1.82) is 0 Å². The lowest BCUT2D eigenvalue weighted by Gasteiger charge is -2.05. The SMILES string of the molecule is C#CCS(=O)(=O)O.CCCCS(=O)(=O)C(F)(F)F. The van der Waals surface area contributed by atoms with E-state index in [1.165, 1.54) is 0 Å². The lowest BCUT2D eigenvalue weighted by atomic mass is 10.4. The highest BCUT2D eigenvalue weighted by molar-refractivity contribution is 7.92. The van der Waals surface area contributed by atoms with Gasteiger partial charge in [-0.25, -0.2) is 8.42 Å². The summed E-state index contributed by atoms with van der Waals surface area (Å²) in [6.45, 7) is 1.63. The van der Waals surface area contributed by atoms with Crippen molar-refractivity contribution in [3.8, 4) is 12.3 Å². The van der Waals surface area contributed by atoms with Crippen LogP contribution in [-0.2, 0) is 20.0 Å².